The van der Waals surface area contributed by atoms with Crippen molar-refractivity contribution in [1.82, 2.24) is 5.32 Å². The van der Waals surface area contributed by atoms with E-state index in [1.165, 1.54) is 17.0 Å². The molecule has 176 valence electrons. The number of allylic oxidation sites excluding steroid dienone is 1. The molecule has 0 spiro atoms. The first kappa shape index (κ1) is 23.8. The summed E-state index contributed by atoms with van der Waals surface area (Å²) in [5, 5.41) is 2.58. The van der Waals surface area contributed by atoms with Crippen molar-refractivity contribution in [3.05, 3.63) is 70.1 Å². The number of anilines is 2. The van der Waals surface area contributed by atoms with E-state index < -0.39 is 17.6 Å². The van der Waals surface area contributed by atoms with Gasteiger partial charge in [-0.3, -0.25) is 19.8 Å². The van der Waals surface area contributed by atoms with E-state index in [9.17, 15) is 9.59 Å². The number of hydrogen-bond acceptors (Lipinski definition) is 4. The maximum absolute atomic E-state index is 15.3. The molecule has 2 aromatic carbocycles. The summed E-state index contributed by atoms with van der Waals surface area (Å²) in [7, 11) is 0. The van der Waals surface area contributed by atoms with Gasteiger partial charge in [0, 0.05) is 23.4 Å². The molecule has 0 aromatic heterocycles. The van der Waals surface area contributed by atoms with Gasteiger partial charge in [-0.15, -0.1) is 0 Å². The van der Waals surface area contributed by atoms with Gasteiger partial charge < -0.3 is 4.90 Å². The molecule has 0 bridgehead atoms. The Morgan fingerprint density at radius 3 is 2.44 bits per heavy atom. The molecule has 1 N–H and O–H groups in total. The van der Waals surface area contributed by atoms with Gasteiger partial charge in [-0.25, -0.2) is 4.39 Å². The van der Waals surface area contributed by atoms with Gasteiger partial charge in [-0.1, -0.05) is 23.8 Å². The fourth-order valence-corrected chi connectivity index (χ4v) is 5.17. The van der Waals surface area contributed by atoms with Gasteiger partial charge in [-0.05, 0) is 89.2 Å². The zero-order valence-corrected chi connectivity index (χ0v) is 21.1. The van der Waals surface area contributed by atoms with Crippen LogP contribution in [0.4, 0.5) is 15.8 Å². The minimum atomic E-state index is -0.642. The van der Waals surface area contributed by atoms with Gasteiger partial charge in [0.15, 0.2) is 5.11 Å². The topological polar surface area (TPSA) is 52.7 Å². The molecule has 5 nitrogen and oxygen atoms in total. The second kappa shape index (κ2) is 8.47. The van der Waals surface area contributed by atoms with Crippen molar-refractivity contribution < 1.29 is 14.0 Å². The molecule has 2 aliphatic heterocycles. The number of fused-ring (bicyclic) bond motifs is 1. The molecule has 0 saturated carbocycles. The average molecular weight is 478 g/mol. The fraction of sp³-hybridized carbons (Fsp3) is 0.296. The Balaban J connectivity index is 1.81. The van der Waals surface area contributed by atoms with Gasteiger partial charge in [-0.2, -0.15) is 0 Å². The largest absolute Gasteiger partial charge is 0.363 e. The van der Waals surface area contributed by atoms with E-state index in [1.807, 2.05) is 39.8 Å². The second-order valence-electron chi connectivity index (χ2n) is 9.36. The van der Waals surface area contributed by atoms with Crippen molar-refractivity contribution in [2.45, 2.75) is 47.1 Å². The minimum absolute atomic E-state index is 0.00427. The molecule has 1 fully saturated rings. The minimum Gasteiger partial charge on any atom is -0.363 e. The van der Waals surface area contributed by atoms with Crippen LogP contribution in [-0.4, -0.2) is 29.0 Å². The molecule has 0 aliphatic carbocycles. The highest BCUT2D eigenvalue weighted by Gasteiger charge is 2.36. The first-order valence-corrected chi connectivity index (χ1v) is 11.6. The lowest BCUT2D eigenvalue weighted by atomic mass is 9.87. The lowest BCUT2D eigenvalue weighted by molar-refractivity contribution is -0.122. The van der Waals surface area contributed by atoms with Crippen molar-refractivity contribution >= 4 is 52.2 Å². The summed E-state index contributed by atoms with van der Waals surface area (Å²) < 4.78 is 15.3. The molecule has 1 saturated heterocycles. The van der Waals surface area contributed by atoms with Crippen LogP contribution in [0, 0.1) is 19.7 Å². The Hall–Kier alpha value is -3.32. The summed E-state index contributed by atoms with van der Waals surface area (Å²) in [4.78, 5) is 29.6. The van der Waals surface area contributed by atoms with Crippen LogP contribution in [0.25, 0.3) is 11.6 Å². The van der Waals surface area contributed by atoms with Crippen molar-refractivity contribution in [3.63, 3.8) is 0 Å². The molecular formula is C27H28FN3O2S. The smallest absolute Gasteiger partial charge is 0.270 e. The number of likely N-dealkylation sites (N-methyl/N-ethyl adjacent to an activating group) is 1. The van der Waals surface area contributed by atoms with Crippen LogP contribution >= 0.6 is 12.2 Å². The predicted octanol–water partition coefficient (Wildman–Crippen LogP) is 5.30. The summed E-state index contributed by atoms with van der Waals surface area (Å²) in [6.45, 7) is 12.7. The normalized spacial score (nSPS) is 18.7. The van der Waals surface area contributed by atoms with Crippen molar-refractivity contribution in [2.24, 2.45) is 0 Å². The van der Waals surface area contributed by atoms with Crippen LogP contribution < -0.4 is 15.1 Å². The number of carbonyl (C=O) groups excluding carboxylic acids is 2. The van der Waals surface area contributed by atoms with E-state index in [1.54, 1.807) is 12.1 Å². The number of nitrogens with one attached hydrogen (secondary N) is 1. The van der Waals surface area contributed by atoms with Crippen LogP contribution in [0.2, 0.25) is 0 Å². The maximum Gasteiger partial charge on any atom is 0.270 e. The number of thiocarbonyl (C=S) groups is 1. The number of amides is 2. The van der Waals surface area contributed by atoms with E-state index in [4.69, 9.17) is 12.2 Å². The summed E-state index contributed by atoms with van der Waals surface area (Å²) in [6.07, 6.45) is 3.46. The highest BCUT2D eigenvalue weighted by molar-refractivity contribution is 7.80. The molecule has 2 heterocycles. The van der Waals surface area contributed by atoms with Crippen molar-refractivity contribution in [3.8, 4) is 0 Å². The van der Waals surface area contributed by atoms with E-state index in [-0.39, 0.29) is 21.8 Å². The molecular weight excluding hydrogens is 449 g/mol. The van der Waals surface area contributed by atoms with Crippen LogP contribution in [-0.2, 0) is 9.59 Å². The zero-order chi connectivity index (χ0) is 24.9. The van der Waals surface area contributed by atoms with Crippen molar-refractivity contribution in [2.75, 3.05) is 16.3 Å². The number of rotatable bonds is 3. The van der Waals surface area contributed by atoms with E-state index in [2.05, 4.69) is 30.1 Å². The summed E-state index contributed by atoms with van der Waals surface area (Å²) in [5.41, 5.74) is 4.91. The summed E-state index contributed by atoms with van der Waals surface area (Å²) in [5.74, 6) is -1.72. The third kappa shape index (κ3) is 3.94. The van der Waals surface area contributed by atoms with Crippen molar-refractivity contribution in [1.29, 1.82) is 0 Å². The summed E-state index contributed by atoms with van der Waals surface area (Å²) >= 11 is 5.30. The predicted molar refractivity (Wildman–Crippen MR) is 139 cm³/mol. The van der Waals surface area contributed by atoms with Gasteiger partial charge in [0.1, 0.15) is 11.4 Å². The molecule has 7 heteroatoms. The molecule has 4 rings (SSSR count). The molecule has 2 amide bonds. The number of hydrogen-bond donors (Lipinski definition) is 1. The SMILES string of the molecule is CCN1c2cc(F)c(/C=C3/C(=O)NC(=S)N(c4ccc(C)cc4C)C3=O)cc2C(C)=CC1(C)C. The Kier molecular flexibility index (Phi) is 5.94. The number of carbonyl (C=O) groups is 2. The van der Waals surface area contributed by atoms with Gasteiger partial charge in [0.25, 0.3) is 11.8 Å². The molecule has 34 heavy (non-hydrogen) atoms. The van der Waals surface area contributed by atoms with Gasteiger partial charge >= 0.3 is 0 Å². The fourth-order valence-electron chi connectivity index (χ4n) is 4.89. The van der Waals surface area contributed by atoms with Gasteiger partial charge in [0.2, 0.25) is 0 Å². The highest BCUT2D eigenvalue weighted by atomic mass is 32.1. The molecule has 2 aliphatic rings. The van der Waals surface area contributed by atoms with Crippen LogP contribution in [0.3, 0.4) is 0 Å². The first-order valence-electron chi connectivity index (χ1n) is 11.2. The Labute approximate surface area is 204 Å². The lowest BCUT2D eigenvalue weighted by Crippen LogP contribution is -2.54. The van der Waals surface area contributed by atoms with E-state index in [0.717, 1.165) is 28.0 Å². The highest BCUT2D eigenvalue weighted by Crippen LogP contribution is 2.40. The first-order chi connectivity index (χ1) is 15.9. The quantitative estimate of drug-likeness (QED) is 0.371. The zero-order valence-electron chi connectivity index (χ0n) is 20.2. The summed E-state index contributed by atoms with van der Waals surface area (Å²) in [6, 6.07) is 8.79. The van der Waals surface area contributed by atoms with E-state index in [0.29, 0.717) is 12.2 Å². The number of benzene rings is 2. The molecule has 0 unspecified atom stereocenters. The van der Waals surface area contributed by atoms with E-state index >= 15 is 4.39 Å². The standard InChI is InChI=1S/C27H28FN3O2S/c1-7-30-23-13-21(28)18(11-19(23)17(4)14-27(30,5)6)12-20-24(32)29-26(34)31(25(20)33)22-9-8-15(2)10-16(22)3/h8-14H,7H2,1-6H3,(H,29,32,34)/b20-12-. The number of nitrogens with zero attached hydrogens (tertiary/aromatic N) is 2. The number of halogens is 1. The molecule has 0 radical (unpaired) electrons. The molecule has 0 atom stereocenters. The van der Waals surface area contributed by atoms with Crippen LogP contribution in [0.1, 0.15) is 49.9 Å². The Morgan fingerprint density at radius 1 is 1.09 bits per heavy atom. The third-order valence-electron chi connectivity index (χ3n) is 6.41. The van der Waals surface area contributed by atoms with Gasteiger partial charge in [0.05, 0.1) is 11.2 Å². The number of aryl methyl sites for hydroxylation is 2. The van der Waals surface area contributed by atoms with Crippen LogP contribution in [0.5, 0.6) is 0 Å². The second-order valence-corrected chi connectivity index (χ2v) is 9.75. The molecule has 2 aromatic rings. The monoisotopic (exact) mass is 477 g/mol. The Bertz CT molecular complexity index is 1310. The van der Waals surface area contributed by atoms with Crippen LogP contribution in [0.15, 0.2) is 42.0 Å². The lowest BCUT2D eigenvalue weighted by Gasteiger charge is -2.43. The third-order valence-corrected chi connectivity index (χ3v) is 6.69. The average Bonchev–Trinajstić information content (AvgIpc) is 2.72. The maximum atomic E-state index is 15.3. The Morgan fingerprint density at radius 2 is 1.79 bits per heavy atom.